The Balaban J connectivity index is 2.03. The zero-order valence-electron chi connectivity index (χ0n) is 16.0. The fourth-order valence-electron chi connectivity index (χ4n) is 2.64. The van der Waals surface area contributed by atoms with Gasteiger partial charge in [-0.1, -0.05) is 30.3 Å². The first-order chi connectivity index (χ1) is 13.0. The molecule has 144 valence electrons. The molecule has 0 unspecified atom stereocenters. The van der Waals surface area contributed by atoms with E-state index >= 15 is 0 Å². The predicted molar refractivity (Wildman–Crippen MR) is 109 cm³/mol. The monoisotopic (exact) mass is 386 g/mol. The minimum Gasteiger partial charge on any atom is -0.497 e. The fraction of sp³-hybridized carbons (Fsp3) is 0.333. The molecule has 0 spiro atoms. The number of rotatable bonds is 9. The van der Waals surface area contributed by atoms with Gasteiger partial charge < -0.3 is 15.0 Å². The van der Waals surface area contributed by atoms with E-state index in [1.165, 1.54) is 0 Å². The number of thioether (sulfide) groups is 1. The summed E-state index contributed by atoms with van der Waals surface area (Å²) in [6.07, 6.45) is 0.372. The lowest BCUT2D eigenvalue weighted by Gasteiger charge is -2.28. The summed E-state index contributed by atoms with van der Waals surface area (Å²) >= 11 is 1.64. The van der Waals surface area contributed by atoms with Crippen molar-refractivity contribution in [3.63, 3.8) is 0 Å². The number of nitrogens with one attached hydrogen (secondary N) is 1. The van der Waals surface area contributed by atoms with Gasteiger partial charge in [-0.15, -0.1) is 11.8 Å². The van der Waals surface area contributed by atoms with E-state index in [1.54, 1.807) is 37.7 Å². The van der Waals surface area contributed by atoms with Gasteiger partial charge in [-0.3, -0.25) is 9.59 Å². The van der Waals surface area contributed by atoms with Gasteiger partial charge in [0.2, 0.25) is 11.8 Å². The quantitative estimate of drug-likeness (QED) is 0.672. The average molecular weight is 387 g/mol. The van der Waals surface area contributed by atoms with Crippen LogP contribution in [0.1, 0.15) is 18.9 Å². The molecular formula is C21H26N2O3S. The summed E-state index contributed by atoms with van der Waals surface area (Å²) in [4.78, 5) is 27.7. The van der Waals surface area contributed by atoms with Gasteiger partial charge in [0.25, 0.3) is 0 Å². The number of ether oxygens (including phenoxy) is 1. The Kier molecular flexibility index (Phi) is 8.20. The fourth-order valence-corrected chi connectivity index (χ4v) is 3.50. The van der Waals surface area contributed by atoms with Crippen LogP contribution in [0.15, 0.2) is 59.5 Å². The Morgan fingerprint density at radius 3 is 2.37 bits per heavy atom. The Labute approximate surface area is 165 Å². The van der Waals surface area contributed by atoms with E-state index in [-0.39, 0.29) is 11.8 Å². The van der Waals surface area contributed by atoms with Gasteiger partial charge in [0.15, 0.2) is 0 Å². The van der Waals surface area contributed by atoms with E-state index in [0.29, 0.717) is 18.7 Å². The molecule has 2 aromatic carbocycles. The Morgan fingerprint density at radius 1 is 1.11 bits per heavy atom. The van der Waals surface area contributed by atoms with Crippen LogP contribution in [-0.4, -0.2) is 42.7 Å². The number of likely N-dealkylation sites (N-methyl/N-ethyl adjacent to an activating group) is 1. The molecule has 0 aliphatic carbocycles. The largest absolute Gasteiger partial charge is 0.497 e. The molecule has 0 saturated carbocycles. The van der Waals surface area contributed by atoms with Crippen LogP contribution in [0, 0.1) is 0 Å². The first kappa shape index (κ1) is 20.8. The van der Waals surface area contributed by atoms with E-state index in [9.17, 15) is 9.59 Å². The molecule has 0 radical (unpaired) electrons. The third-order valence-electron chi connectivity index (χ3n) is 4.25. The van der Waals surface area contributed by atoms with Crippen LogP contribution >= 0.6 is 11.8 Å². The summed E-state index contributed by atoms with van der Waals surface area (Å²) in [6, 6.07) is 17.0. The highest BCUT2D eigenvalue weighted by atomic mass is 32.2. The summed E-state index contributed by atoms with van der Waals surface area (Å²) in [7, 11) is 3.20. The molecule has 1 atom stereocenters. The molecule has 0 fully saturated rings. The minimum atomic E-state index is -0.536. The van der Waals surface area contributed by atoms with Crippen LogP contribution < -0.4 is 10.1 Å². The van der Waals surface area contributed by atoms with Crippen molar-refractivity contribution in [3.05, 3.63) is 60.2 Å². The van der Waals surface area contributed by atoms with Gasteiger partial charge in [-0.25, -0.2) is 0 Å². The topological polar surface area (TPSA) is 58.6 Å². The standard InChI is InChI=1S/C21H26N2O3S/c1-16(21(25)22-2)23(15-17-9-11-18(26-3)12-10-17)20(24)13-14-27-19-7-5-4-6-8-19/h4-12,16H,13-15H2,1-3H3,(H,22,25)/t16-/m1/s1. The highest BCUT2D eigenvalue weighted by Gasteiger charge is 2.25. The highest BCUT2D eigenvalue weighted by Crippen LogP contribution is 2.20. The van der Waals surface area contributed by atoms with Gasteiger partial charge in [-0.2, -0.15) is 0 Å². The Morgan fingerprint density at radius 2 is 1.78 bits per heavy atom. The minimum absolute atomic E-state index is 0.0367. The lowest BCUT2D eigenvalue weighted by atomic mass is 10.1. The maximum Gasteiger partial charge on any atom is 0.242 e. The summed E-state index contributed by atoms with van der Waals surface area (Å²) in [6.45, 7) is 2.14. The van der Waals surface area contributed by atoms with Gasteiger partial charge in [-0.05, 0) is 36.8 Å². The number of methoxy groups -OCH3 is 1. The summed E-state index contributed by atoms with van der Waals surface area (Å²) in [5.74, 6) is 1.22. The number of amides is 2. The molecule has 27 heavy (non-hydrogen) atoms. The second kappa shape index (κ2) is 10.6. The molecular weight excluding hydrogens is 360 g/mol. The maximum absolute atomic E-state index is 12.8. The molecule has 2 rings (SSSR count). The summed E-state index contributed by atoms with van der Waals surface area (Å²) in [5, 5.41) is 2.63. The number of carbonyl (C=O) groups is 2. The van der Waals surface area contributed by atoms with Crippen molar-refractivity contribution in [1.82, 2.24) is 10.2 Å². The number of hydrogen-bond donors (Lipinski definition) is 1. The second-order valence-corrected chi connectivity index (χ2v) is 7.24. The molecule has 0 saturated heterocycles. The van der Waals surface area contributed by atoms with Crippen LogP contribution in [0.5, 0.6) is 5.75 Å². The molecule has 0 heterocycles. The van der Waals surface area contributed by atoms with Crippen molar-refractivity contribution in [3.8, 4) is 5.75 Å². The van der Waals surface area contributed by atoms with Crippen molar-refractivity contribution in [1.29, 1.82) is 0 Å². The summed E-state index contributed by atoms with van der Waals surface area (Å²) in [5.41, 5.74) is 0.954. The molecule has 1 N–H and O–H groups in total. The van der Waals surface area contributed by atoms with Gasteiger partial charge in [0.1, 0.15) is 11.8 Å². The molecule has 0 bridgehead atoms. The molecule has 2 aromatic rings. The zero-order chi connectivity index (χ0) is 19.6. The second-order valence-electron chi connectivity index (χ2n) is 6.07. The van der Waals surface area contributed by atoms with Crippen molar-refractivity contribution >= 4 is 23.6 Å². The molecule has 0 aliphatic rings. The number of hydrogen-bond acceptors (Lipinski definition) is 4. The van der Waals surface area contributed by atoms with Gasteiger partial charge in [0, 0.05) is 30.7 Å². The molecule has 6 heteroatoms. The van der Waals surface area contributed by atoms with E-state index in [2.05, 4.69) is 5.32 Å². The highest BCUT2D eigenvalue weighted by molar-refractivity contribution is 7.99. The van der Waals surface area contributed by atoms with Gasteiger partial charge in [0.05, 0.1) is 7.11 Å². The van der Waals surface area contributed by atoms with Crippen LogP contribution in [-0.2, 0) is 16.1 Å². The zero-order valence-corrected chi connectivity index (χ0v) is 16.8. The SMILES string of the molecule is CNC(=O)[C@@H](C)N(Cc1ccc(OC)cc1)C(=O)CCSc1ccccc1. The average Bonchev–Trinajstić information content (AvgIpc) is 2.72. The van der Waals surface area contributed by atoms with E-state index in [0.717, 1.165) is 16.2 Å². The van der Waals surface area contributed by atoms with Crippen LogP contribution in [0.3, 0.4) is 0 Å². The van der Waals surface area contributed by atoms with Crippen LogP contribution in [0.2, 0.25) is 0 Å². The molecule has 2 amide bonds. The van der Waals surface area contributed by atoms with Crippen LogP contribution in [0.4, 0.5) is 0 Å². The van der Waals surface area contributed by atoms with Crippen molar-refractivity contribution in [2.45, 2.75) is 30.8 Å². The molecule has 0 aliphatic heterocycles. The van der Waals surface area contributed by atoms with Crippen molar-refractivity contribution in [2.75, 3.05) is 19.9 Å². The lowest BCUT2D eigenvalue weighted by molar-refractivity contribution is -0.140. The smallest absolute Gasteiger partial charge is 0.242 e. The Hall–Kier alpha value is -2.47. The van der Waals surface area contributed by atoms with E-state index in [4.69, 9.17) is 4.74 Å². The first-order valence-electron chi connectivity index (χ1n) is 8.87. The molecule has 5 nitrogen and oxygen atoms in total. The van der Waals surface area contributed by atoms with Gasteiger partial charge >= 0.3 is 0 Å². The Bertz CT molecular complexity index is 735. The number of nitrogens with zero attached hydrogens (tertiary/aromatic N) is 1. The van der Waals surface area contributed by atoms with Crippen molar-refractivity contribution < 1.29 is 14.3 Å². The maximum atomic E-state index is 12.8. The predicted octanol–water partition coefficient (Wildman–Crippen LogP) is 3.34. The third-order valence-corrected chi connectivity index (χ3v) is 5.27. The van der Waals surface area contributed by atoms with Crippen molar-refractivity contribution in [2.24, 2.45) is 0 Å². The number of benzene rings is 2. The lowest BCUT2D eigenvalue weighted by Crippen LogP contribution is -2.46. The van der Waals surface area contributed by atoms with E-state index in [1.807, 2.05) is 54.6 Å². The van der Waals surface area contributed by atoms with Crippen LogP contribution in [0.25, 0.3) is 0 Å². The third kappa shape index (κ3) is 6.32. The first-order valence-corrected chi connectivity index (χ1v) is 9.85. The normalized spacial score (nSPS) is 11.5. The van der Waals surface area contributed by atoms with E-state index < -0.39 is 6.04 Å². The number of carbonyl (C=O) groups excluding carboxylic acids is 2. The molecule has 0 aromatic heterocycles. The summed E-state index contributed by atoms with van der Waals surface area (Å²) < 4.78 is 5.17.